The van der Waals surface area contributed by atoms with Crippen molar-refractivity contribution in [1.29, 1.82) is 0 Å². The number of rotatable bonds is 7. The molecule has 1 heterocycles. The summed E-state index contributed by atoms with van der Waals surface area (Å²) >= 11 is 0. The number of sulfonamides is 1. The maximum absolute atomic E-state index is 12.8. The van der Waals surface area contributed by atoms with Crippen molar-refractivity contribution in [3.05, 3.63) is 29.8 Å². The molecule has 0 aromatic heterocycles. The third-order valence-electron chi connectivity index (χ3n) is 4.37. The maximum Gasteiger partial charge on any atom is 0.243 e. The fourth-order valence-corrected chi connectivity index (χ4v) is 4.40. The highest BCUT2D eigenvalue weighted by Crippen LogP contribution is 2.24. The summed E-state index contributed by atoms with van der Waals surface area (Å²) in [5, 5.41) is 3.32. The average Bonchev–Trinajstić information content (AvgIpc) is 2.59. The quantitative estimate of drug-likeness (QED) is 0.775. The molecule has 1 aliphatic heterocycles. The van der Waals surface area contributed by atoms with Crippen LogP contribution in [0.3, 0.4) is 0 Å². The zero-order valence-corrected chi connectivity index (χ0v) is 14.7. The van der Waals surface area contributed by atoms with Crippen molar-refractivity contribution in [2.45, 2.75) is 38.0 Å². The Morgan fingerprint density at radius 2 is 1.96 bits per heavy atom. The third-order valence-corrected chi connectivity index (χ3v) is 6.27. The molecule has 0 saturated carbocycles. The van der Waals surface area contributed by atoms with Crippen molar-refractivity contribution in [2.24, 2.45) is 5.92 Å². The summed E-state index contributed by atoms with van der Waals surface area (Å²) in [6.45, 7) is 6.83. The molecule has 1 aromatic carbocycles. The van der Waals surface area contributed by atoms with Gasteiger partial charge in [0.2, 0.25) is 10.0 Å². The monoisotopic (exact) mass is 338 g/mol. The first-order valence-corrected chi connectivity index (χ1v) is 9.77. The maximum atomic E-state index is 12.8. The molecule has 0 radical (unpaired) electrons. The number of nitrogens with zero attached hydrogens (tertiary/aromatic N) is 1. The minimum atomic E-state index is -3.51. The van der Waals surface area contributed by atoms with Crippen LogP contribution in [0, 0.1) is 5.92 Å². The summed E-state index contributed by atoms with van der Waals surface area (Å²) in [6.07, 6.45) is 2.12. The fourth-order valence-electron chi connectivity index (χ4n) is 2.89. The topological polar surface area (TPSA) is 66.5 Å². The minimum absolute atomic E-state index is 0.0357. The molecule has 1 aromatic rings. The second kappa shape index (κ2) is 8.04. The smallest absolute Gasteiger partial charge is 0.243 e. The van der Waals surface area contributed by atoms with Gasteiger partial charge in [0, 0.05) is 25.1 Å². The Bertz CT molecular complexity index is 635. The van der Waals surface area contributed by atoms with E-state index in [1.54, 1.807) is 29.4 Å². The van der Waals surface area contributed by atoms with Gasteiger partial charge in [0.25, 0.3) is 0 Å². The summed E-state index contributed by atoms with van der Waals surface area (Å²) in [4.78, 5) is 12.0. The van der Waals surface area contributed by atoms with Crippen molar-refractivity contribution in [3.8, 4) is 0 Å². The molecule has 0 spiro atoms. The molecule has 128 valence electrons. The lowest BCUT2D eigenvalue weighted by atomic mass is 9.98. The molecule has 1 fully saturated rings. The predicted molar refractivity (Wildman–Crippen MR) is 91.1 cm³/mol. The summed E-state index contributed by atoms with van der Waals surface area (Å²) in [5.41, 5.74) is 0.468. The summed E-state index contributed by atoms with van der Waals surface area (Å²) in [5.74, 6) is 0.501. The van der Waals surface area contributed by atoms with E-state index < -0.39 is 10.0 Å². The molecule has 0 bridgehead atoms. The number of nitrogens with one attached hydrogen (secondary N) is 1. The number of ketones is 1. The average molecular weight is 338 g/mol. The van der Waals surface area contributed by atoms with Crippen molar-refractivity contribution in [1.82, 2.24) is 9.62 Å². The van der Waals surface area contributed by atoms with Crippen LogP contribution < -0.4 is 5.32 Å². The van der Waals surface area contributed by atoms with Crippen LogP contribution in [0.2, 0.25) is 0 Å². The fraction of sp³-hybridized carbons (Fsp3) is 0.588. The number of Topliss-reactive ketones (excluding diaryl/α,β-unsaturated/α-hetero) is 1. The number of hydrogen-bond donors (Lipinski definition) is 1. The molecule has 0 atom stereocenters. The van der Waals surface area contributed by atoms with E-state index in [0.29, 0.717) is 31.0 Å². The lowest BCUT2D eigenvalue weighted by Gasteiger charge is -2.31. The second-order valence-corrected chi connectivity index (χ2v) is 7.90. The van der Waals surface area contributed by atoms with E-state index >= 15 is 0 Å². The number of benzene rings is 1. The Morgan fingerprint density at radius 3 is 2.57 bits per heavy atom. The molecule has 6 heteroatoms. The lowest BCUT2D eigenvalue weighted by molar-refractivity contribution is 0.0988. The number of carbonyl (C=O) groups is 1. The molecule has 1 N–H and O–H groups in total. The Balaban J connectivity index is 2.09. The van der Waals surface area contributed by atoms with Crippen molar-refractivity contribution in [2.75, 3.05) is 26.2 Å². The van der Waals surface area contributed by atoms with Gasteiger partial charge in [0.1, 0.15) is 0 Å². The van der Waals surface area contributed by atoms with Crippen molar-refractivity contribution < 1.29 is 13.2 Å². The Morgan fingerprint density at radius 1 is 1.26 bits per heavy atom. The van der Waals surface area contributed by atoms with Crippen LogP contribution >= 0.6 is 0 Å². The zero-order chi connectivity index (χ0) is 16.9. The normalized spacial score (nSPS) is 17.3. The third kappa shape index (κ3) is 4.40. The first kappa shape index (κ1) is 18.1. The van der Waals surface area contributed by atoms with Gasteiger partial charge < -0.3 is 5.32 Å². The van der Waals surface area contributed by atoms with E-state index in [1.165, 1.54) is 6.07 Å². The Labute approximate surface area is 139 Å². The van der Waals surface area contributed by atoms with Gasteiger partial charge in [-0.1, -0.05) is 26.0 Å². The SMILES string of the molecule is CCNCC1CCN(S(=O)(=O)c2cccc(C(=O)CC)c2)CC1. The molecule has 0 amide bonds. The molecule has 1 saturated heterocycles. The minimum Gasteiger partial charge on any atom is -0.317 e. The van der Waals surface area contributed by atoms with E-state index in [0.717, 1.165) is 25.9 Å². The van der Waals surface area contributed by atoms with Gasteiger partial charge >= 0.3 is 0 Å². The van der Waals surface area contributed by atoms with Gasteiger partial charge in [-0.05, 0) is 44.0 Å². The van der Waals surface area contributed by atoms with Crippen LogP contribution in [0.4, 0.5) is 0 Å². The van der Waals surface area contributed by atoms with Gasteiger partial charge in [0.15, 0.2) is 5.78 Å². The van der Waals surface area contributed by atoms with Gasteiger partial charge in [-0.2, -0.15) is 4.31 Å². The van der Waals surface area contributed by atoms with Crippen molar-refractivity contribution >= 4 is 15.8 Å². The molecule has 23 heavy (non-hydrogen) atoms. The predicted octanol–water partition coefficient (Wildman–Crippen LogP) is 2.29. The molecular formula is C17H26N2O3S. The van der Waals surface area contributed by atoms with E-state index in [1.807, 2.05) is 0 Å². The van der Waals surface area contributed by atoms with Crippen LogP contribution in [0.1, 0.15) is 43.5 Å². The summed E-state index contributed by atoms with van der Waals surface area (Å²) in [6, 6.07) is 6.40. The Hall–Kier alpha value is -1.24. The second-order valence-electron chi connectivity index (χ2n) is 5.96. The number of hydrogen-bond acceptors (Lipinski definition) is 4. The van der Waals surface area contributed by atoms with Crippen LogP contribution in [-0.2, 0) is 10.0 Å². The van der Waals surface area contributed by atoms with Gasteiger partial charge in [0.05, 0.1) is 4.90 Å². The molecule has 0 unspecified atom stereocenters. The highest BCUT2D eigenvalue weighted by Gasteiger charge is 2.29. The molecule has 0 aliphatic carbocycles. The van der Waals surface area contributed by atoms with E-state index in [2.05, 4.69) is 12.2 Å². The highest BCUT2D eigenvalue weighted by atomic mass is 32.2. The molecule has 2 rings (SSSR count). The molecule has 1 aliphatic rings. The van der Waals surface area contributed by atoms with Gasteiger partial charge in [-0.25, -0.2) is 8.42 Å². The van der Waals surface area contributed by atoms with E-state index in [-0.39, 0.29) is 10.7 Å². The molecular weight excluding hydrogens is 312 g/mol. The summed E-state index contributed by atoms with van der Waals surface area (Å²) in [7, 11) is -3.51. The Kier molecular flexibility index (Phi) is 6.33. The van der Waals surface area contributed by atoms with Gasteiger partial charge in [-0.3, -0.25) is 4.79 Å². The van der Waals surface area contributed by atoms with Crippen LogP contribution in [0.15, 0.2) is 29.2 Å². The van der Waals surface area contributed by atoms with E-state index in [9.17, 15) is 13.2 Å². The first-order chi connectivity index (χ1) is 11.0. The summed E-state index contributed by atoms with van der Waals surface area (Å²) < 4.78 is 27.1. The van der Waals surface area contributed by atoms with Crippen LogP contribution in [0.25, 0.3) is 0 Å². The highest BCUT2D eigenvalue weighted by molar-refractivity contribution is 7.89. The number of carbonyl (C=O) groups excluding carboxylic acids is 1. The van der Waals surface area contributed by atoms with Gasteiger partial charge in [-0.15, -0.1) is 0 Å². The molecule has 5 nitrogen and oxygen atoms in total. The number of piperidine rings is 1. The van der Waals surface area contributed by atoms with Crippen LogP contribution in [0.5, 0.6) is 0 Å². The first-order valence-electron chi connectivity index (χ1n) is 8.33. The van der Waals surface area contributed by atoms with Crippen LogP contribution in [-0.4, -0.2) is 44.7 Å². The zero-order valence-electron chi connectivity index (χ0n) is 13.9. The largest absolute Gasteiger partial charge is 0.317 e. The van der Waals surface area contributed by atoms with E-state index in [4.69, 9.17) is 0 Å². The lowest BCUT2D eigenvalue weighted by Crippen LogP contribution is -2.40. The standard InChI is InChI=1S/C17H26N2O3S/c1-3-17(20)15-6-5-7-16(12-15)23(21,22)19-10-8-14(9-11-19)13-18-4-2/h5-7,12,14,18H,3-4,8-11,13H2,1-2H3. The van der Waals surface area contributed by atoms with Crippen molar-refractivity contribution in [3.63, 3.8) is 0 Å².